The molecule has 0 atom stereocenters. The van der Waals surface area contributed by atoms with Crippen LogP contribution in [0.1, 0.15) is 37.7 Å². The van der Waals surface area contributed by atoms with Crippen LogP contribution in [0.15, 0.2) is 18.2 Å². The monoisotopic (exact) mass is 304 g/mol. The van der Waals surface area contributed by atoms with Crippen LogP contribution in [0.5, 0.6) is 0 Å². The fraction of sp³-hybridized carbons (Fsp3) is 0.600. The van der Waals surface area contributed by atoms with E-state index in [2.05, 4.69) is 0 Å². The van der Waals surface area contributed by atoms with Crippen LogP contribution in [0.25, 0.3) is 0 Å². The van der Waals surface area contributed by atoms with Gasteiger partial charge in [-0.15, -0.1) is 0 Å². The SMILES string of the molecule is NCCCN(c1ccc(C(F)(F)F)cc1F)C1CCCC1. The Morgan fingerprint density at radius 2 is 1.86 bits per heavy atom. The summed E-state index contributed by atoms with van der Waals surface area (Å²) in [6.45, 7) is 1.05. The second-order valence-electron chi connectivity index (χ2n) is 5.44. The number of halogens is 4. The molecular formula is C15H20F4N2. The first-order valence-corrected chi connectivity index (χ1v) is 7.27. The molecule has 0 aromatic heterocycles. The van der Waals surface area contributed by atoms with Crippen molar-refractivity contribution in [3.8, 4) is 0 Å². The number of benzene rings is 1. The highest BCUT2D eigenvalue weighted by atomic mass is 19.4. The molecular weight excluding hydrogens is 284 g/mol. The minimum Gasteiger partial charge on any atom is -0.366 e. The molecule has 2 nitrogen and oxygen atoms in total. The lowest BCUT2D eigenvalue weighted by molar-refractivity contribution is -0.137. The Morgan fingerprint density at radius 1 is 1.19 bits per heavy atom. The molecule has 0 unspecified atom stereocenters. The lowest BCUT2D eigenvalue weighted by atomic mass is 10.1. The minimum atomic E-state index is -4.52. The molecule has 0 saturated heterocycles. The molecule has 1 fully saturated rings. The molecule has 0 radical (unpaired) electrons. The molecule has 1 saturated carbocycles. The smallest absolute Gasteiger partial charge is 0.366 e. The molecule has 2 rings (SSSR count). The molecule has 1 aliphatic carbocycles. The predicted molar refractivity (Wildman–Crippen MR) is 74.7 cm³/mol. The van der Waals surface area contributed by atoms with Gasteiger partial charge in [-0.25, -0.2) is 4.39 Å². The van der Waals surface area contributed by atoms with Crippen molar-refractivity contribution in [3.63, 3.8) is 0 Å². The number of hydrogen-bond donors (Lipinski definition) is 1. The van der Waals surface area contributed by atoms with E-state index in [0.717, 1.165) is 31.7 Å². The molecule has 0 aliphatic heterocycles. The Hall–Kier alpha value is -1.30. The molecule has 1 aromatic rings. The van der Waals surface area contributed by atoms with Crippen molar-refractivity contribution < 1.29 is 17.6 Å². The second kappa shape index (κ2) is 6.64. The summed E-state index contributed by atoms with van der Waals surface area (Å²) in [5, 5.41) is 0. The van der Waals surface area contributed by atoms with E-state index in [4.69, 9.17) is 5.73 Å². The quantitative estimate of drug-likeness (QED) is 0.835. The Kier molecular flexibility index (Phi) is 5.08. The summed E-state index contributed by atoms with van der Waals surface area (Å²) in [6, 6.07) is 2.97. The van der Waals surface area contributed by atoms with E-state index in [9.17, 15) is 17.6 Å². The Labute approximate surface area is 121 Å². The van der Waals surface area contributed by atoms with Crippen LogP contribution in [-0.2, 0) is 6.18 Å². The summed E-state index contributed by atoms with van der Waals surface area (Å²) >= 11 is 0. The molecule has 21 heavy (non-hydrogen) atoms. The van der Waals surface area contributed by atoms with Crippen LogP contribution in [0, 0.1) is 5.82 Å². The standard InChI is InChI=1S/C15H20F4N2/c16-13-10-11(15(17,18)19)6-7-14(13)21(9-3-8-20)12-4-1-2-5-12/h6-7,10,12H,1-5,8-9,20H2. The zero-order valence-corrected chi connectivity index (χ0v) is 11.8. The zero-order chi connectivity index (χ0) is 15.5. The Bertz CT molecular complexity index is 467. The van der Waals surface area contributed by atoms with Gasteiger partial charge in [-0.3, -0.25) is 0 Å². The predicted octanol–water partition coefficient (Wildman–Crippen LogP) is 3.94. The van der Waals surface area contributed by atoms with E-state index in [1.807, 2.05) is 4.90 Å². The third-order valence-corrected chi connectivity index (χ3v) is 3.95. The summed E-state index contributed by atoms with van der Waals surface area (Å²) in [5.74, 6) is -0.811. The van der Waals surface area contributed by atoms with Crippen LogP contribution in [0.3, 0.4) is 0 Å². The van der Waals surface area contributed by atoms with Gasteiger partial charge in [0.15, 0.2) is 0 Å². The van der Waals surface area contributed by atoms with Gasteiger partial charge in [-0.2, -0.15) is 13.2 Å². The Balaban J connectivity index is 2.26. The van der Waals surface area contributed by atoms with Crippen molar-refractivity contribution in [2.45, 2.75) is 44.3 Å². The summed E-state index contributed by atoms with van der Waals surface area (Å²) in [4.78, 5) is 1.88. The minimum absolute atomic E-state index is 0.197. The Morgan fingerprint density at radius 3 is 2.38 bits per heavy atom. The highest BCUT2D eigenvalue weighted by molar-refractivity contribution is 5.50. The fourth-order valence-corrected chi connectivity index (χ4v) is 2.89. The van der Waals surface area contributed by atoms with Crippen LogP contribution in [-0.4, -0.2) is 19.1 Å². The summed E-state index contributed by atoms with van der Waals surface area (Å²) < 4.78 is 52.0. The molecule has 0 spiro atoms. The zero-order valence-electron chi connectivity index (χ0n) is 11.8. The van der Waals surface area contributed by atoms with Gasteiger partial charge in [0, 0.05) is 12.6 Å². The summed E-state index contributed by atoms with van der Waals surface area (Å²) in [6.07, 6.45) is 0.222. The van der Waals surface area contributed by atoms with Gasteiger partial charge in [0.1, 0.15) is 5.82 Å². The van der Waals surface area contributed by atoms with Gasteiger partial charge < -0.3 is 10.6 Å². The summed E-state index contributed by atoms with van der Waals surface area (Å²) in [5.41, 5.74) is 4.81. The topological polar surface area (TPSA) is 29.3 Å². The van der Waals surface area contributed by atoms with Crippen molar-refractivity contribution in [2.24, 2.45) is 5.73 Å². The lowest BCUT2D eigenvalue weighted by Gasteiger charge is -2.31. The molecule has 0 bridgehead atoms. The molecule has 6 heteroatoms. The third-order valence-electron chi connectivity index (χ3n) is 3.95. The molecule has 0 amide bonds. The number of hydrogen-bond acceptors (Lipinski definition) is 2. The first kappa shape index (κ1) is 16.1. The highest BCUT2D eigenvalue weighted by Gasteiger charge is 2.32. The molecule has 1 aliphatic rings. The fourth-order valence-electron chi connectivity index (χ4n) is 2.89. The number of anilines is 1. The van der Waals surface area contributed by atoms with Gasteiger partial charge in [0.25, 0.3) is 0 Å². The van der Waals surface area contributed by atoms with E-state index >= 15 is 0 Å². The van der Waals surface area contributed by atoms with E-state index in [1.54, 1.807) is 0 Å². The maximum Gasteiger partial charge on any atom is 0.416 e. The number of alkyl halides is 3. The average molecular weight is 304 g/mol. The number of rotatable bonds is 5. The molecule has 1 aromatic carbocycles. The molecule has 0 heterocycles. The van der Waals surface area contributed by atoms with Gasteiger partial charge in [-0.1, -0.05) is 12.8 Å². The van der Waals surface area contributed by atoms with Crippen LogP contribution in [0.2, 0.25) is 0 Å². The number of nitrogens with two attached hydrogens (primary N) is 1. The van der Waals surface area contributed by atoms with Crippen LogP contribution < -0.4 is 10.6 Å². The highest BCUT2D eigenvalue weighted by Crippen LogP contribution is 2.34. The first-order valence-electron chi connectivity index (χ1n) is 7.27. The van der Waals surface area contributed by atoms with Crippen molar-refractivity contribution >= 4 is 5.69 Å². The first-order chi connectivity index (χ1) is 9.93. The van der Waals surface area contributed by atoms with E-state index in [1.165, 1.54) is 6.07 Å². The van der Waals surface area contributed by atoms with Crippen molar-refractivity contribution in [2.75, 3.05) is 18.0 Å². The molecule has 2 N–H and O–H groups in total. The average Bonchev–Trinajstić information content (AvgIpc) is 2.93. The van der Waals surface area contributed by atoms with Crippen molar-refractivity contribution in [1.82, 2.24) is 0 Å². The maximum atomic E-state index is 14.1. The number of nitrogens with zero attached hydrogens (tertiary/aromatic N) is 1. The van der Waals surface area contributed by atoms with Gasteiger partial charge in [0.2, 0.25) is 0 Å². The van der Waals surface area contributed by atoms with Crippen LogP contribution in [0.4, 0.5) is 23.2 Å². The van der Waals surface area contributed by atoms with Crippen LogP contribution >= 0.6 is 0 Å². The lowest BCUT2D eigenvalue weighted by Crippen LogP contribution is -2.35. The van der Waals surface area contributed by atoms with Gasteiger partial charge >= 0.3 is 6.18 Å². The molecule has 118 valence electrons. The summed E-state index contributed by atoms with van der Waals surface area (Å²) in [7, 11) is 0. The largest absolute Gasteiger partial charge is 0.416 e. The second-order valence-corrected chi connectivity index (χ2v) is 5.44. The normalized spacial score (nSPS) is 16.4. The maximum absolute atomic E-state index is 14.1. The van der Waals surface area contributed by atoms with Gasteiger partial charge in [-0.05, 0) is 44.0 Å². The van der Waals surface area contributed by atoms with Gasteiger partial charge in [0.05, 0.1) is 11.3 Å². The van der Waals surface area contributed by atoms with E-state index in [-0.39, 0.29) is 11.7 Å². The third kappa shape index (κ3) is 3.87. The van der Waals surface area contributed by atoms with E-state index in [0.29, 0.717) is 25.6 Å². The van der Waals surface area contributed by atoms with E-state index < -0.39 is 17.6 Å². The van der Waals surface area contributed by atoms with Crippen molar-refractivity contribution in [1.29, 1.82) is 0 Å². The van der Waals surface area contributed by atoms with Crippen molar-refractivity contribution in [3.05, 3.63) is 29.6 Å².